The van der Waals surface area contributed by atoms with Crippen LogP contribution in [0.2, 0.25) is 0 Å². The van der Waals surface area contributed by atoms with E-state index in [1.807, 2.05) is 6.92 Å². The molecule has 0 aromatic rings. The Morgan fingerprint density at radius 3 is 2.62 bits per heavy atom. The molecule has 1 aliphatic carbocycles. The van der Waals surface area contributed by atoms with Gasteiger partial charge in [0.2, 0.25) is 0 Å². The molecular weight excluding hydrogens is 100 g/mol. The average molecular weight is 110 g/mol. The Balaban J connectivity index is 2.29. The van der Waals surface area contributed by atoms with E-state index < -0.39 is 0 Å². The van der Waals surface area contributed by atoms with Gasteiger partial charge in [-0.25, -0.2) is 0 Å². The molecule has 0 spiro atoms. The standard InChI is InChI=1S/C6H10N2/c1-4(8)6-2-5(6)3-7/h4-6H,2,8H2,1H3/t4-,5+,6-/m1/s1. The monoisotopic (exact) mass is 110 g/mol. The second-order valence-electron chi connectivity index (χ2n) is 2.49. The lowest BCUT2D eigenvalue weighted by Crippen LogP contribution is -2.17. The molecule has 3 atom stereocenters. The van der Waals surface area contributed by atoms with Gasteiger partial charge in [0.05, 0.1) is 12.0 Å². The van der Waals surface area contributed by atoms with Gasteiger partial charge in [-0.3, -0.25) is 0 Å². The van der Waals surface area contributed by atoms with Gasteiger partial charge in [-0.05, 0) is 19.3 Å². The van der Waals surface area contributed by atoms with E-state index in [9.17, 15) is 0 Å². The maximum atomic E-state index is 8.32. The number of nitrogens with two attached hydrogens (primary N) is 1. The first-order chi connectivity index (χ1) is 3.75. The van der Waals surface area contributed by atoms with Gasteiger partial charge >= 0.3 is 0 Å². The van der Waals surface area contributed by atoms with Crippen molar-refractivity contribution in [3.8, 4) is 6.07 Å². The summed E-state index contributed by atoms with van der Waals surface area (Å²) in [4.78, 5) is 0. The third-order valence-corrected chi connectivity index (χ3v) is 1.68. The number of rotatable bonds is 1. The van der Waals surface area contributed by atoms with Crippen LogP contribution in [-0.4, -0.2) is 6.04 Å². The number of nitrogens with zero attached hydrogens (tertiary/aromatic N) is 1. The molecule has 0 aliphatic heterocycles. The highest BCUT2D eigenvalue weighted by Gasteiger charge is 2.39. The van der Waals surface area contributed by atoms with Crippen molar-refractivity contribution in [3.63, 3.8) is 0 Å². The normalized spacial score (nSPS) is 38.1. The second kappa shape index (κ2) is 1.75. The summed E-state index contributed by atoms with van der Waals surface area (Å²) in [5.74, 6) is 0.773. The molecule has 0 aromatic heterocycles. The van der Waals surface area contributed by atoms with Crippen molar-refractivity contribution in [2.75, 3.05) is 0 Å². The van der Waals surface area contributed by atoms with Gasteiger partial charge in [0.25, 0.3) is 0 Å². The molecule has 1 saturated carbocycles. The second-order valence-corrected chi connectivity index (χ2v) is 2.49. The Labute approximate surface area is 49.3 Å². The zero-order valence-corrected chi connectivity index (χ0v) is 4.96. The molecule has 0 bridgehead atoms. The molecule has 0 saturated heterocycles. The first-order valence-electron chi connectivity index (χ1n) is 2.91. The fraction of sp³-hybridized carbons (Fsp3) is 0.833. The van der Waals surface area contributed by atoms with Crippen LogP contribution in [0.5, 0.6) is 0 Å². The van der Waals surface area contributed by atoms with Gasteiger partial charge in [-0.1, -0.05) is 0 Å². The smallest absolute Gasteiger partial charge is 0.0659 e. The Kier molecular flexibility index (Phi) is 1.22. The molecule has 8 heavy (non-hydrogen) atoms. The van der Waals surface area contributed by atoms with E-state index in [4.69, 9.17) is 11.0 Å². The number of hydrogen-bond acceptors (Lipinski definition) is 2. The van der Waals surface area contributed by atoms with Gasteiger partial charge in [0.1, 0.15) is 0 Å². The predicted molar refractivity (Wildman–Crippen MR) is 30.9 cm³/mol. The Morgan fingerprint density at radius 1 is 1.88 bits per heavy atom. The zero-order valence-electron chi connectivity index (χ0n) is 4.96. The maximum absolute atomic E-state index is 8.32. The van der Waals surface area contributed by atoms with Crippen molar-refractivity contribution in [3.05, 3.63) is 0 Å². The minimum absolute atomic E-state index is 0.222. The van der Waals surface area contributed by atoms with Crippen LogP contribution >= 0.6 is 0 Å². The van der Waals surface area contributed by atoms with Crippen LogP contribution in [0.1, 0.15) is 13.3 Å². The maximum Gasteiger partial charge on any atom is 0.0659 e. The van der Waals surface area contributed by atoms with E-state index in [0.717, 1.165) is 6.42 Å². The van der Waals surface area contributed by atoms with Crippen molar-refractivity contribution >= 4 is 0 Å². The third kappa shape index (κ3) is 0.823. The molecule has 1 fully saturated rings. The molecule has 0 heterocycles. The van der Waals surface area contributed by atoms with Crippen LogP contribution in [0.4, 0.5) is 0 Å². The Bertz CT molecular complexity index is 123. The summed E-state index contributed by atoms with van der Waals surface area (Å²) in [6, 6.07) is 2.41. The molecule has 2 nitrogen and oxygen atoms in total. The molecule has 1 aliphatic rings. The minimum Gasteiger partial charge on any atom is -0.328 e. The van der Waals surface area contributed by atoms with E-state index >= 15 is 0 Å². The van der Waals surface area contributed by atoms with Crippen LogP contribution in [0.15, 0.2) is 0 Å². The van der Waals surface area contributed by atoms with Gasteiger partial charge in [-0.15, -0.1) is 0 Å². The van der Waals surface area contributed by atoms with Crippen molar-refractivity contribution in [1.29, 1.82) is 5.26 Å². The van der Waals surface area contributed by atoms with Crippen molar-refractivity contribution in [2.24, 2.45) is 17.6 Å². The molecule has 0 amide bonds. The molecule has 0 radical (unpaired) electrons. The highest BCUT2D eigenvalue weighted by atomic mass is 14.7. The lowest BCUT2D eigenvalue weighted by molar-refractivity contribution is 0.627. The Hall–Kier alpha value is -0.550. The van der Waals surface area contributed by atoms with Crippen molar-refractivity contribution in [2.45, 2.75) is 19.4 Å². The van der Waals surface area contributed by atoms with Crippen molar-refractivity contribution in [1.82, 2.24) is 0 Å². The van der Waals surface area contributed by atoms with E-state index in [1.54, 1.807) is 0 Å². The highest BCUT2D eigenvalue weighted by molar-refractivity contribution is 5.04. The lowest BCUT2D eigenvalue weighted by Gasteiger charge is -1.96. The summed E-state index contributed by atoms with van der Waals surface area (Å²) < 4.78 is 0. The molecule has 0 aromatic carbocycles. The summed E-state index contributed by atoms with van der Waals surface area (Å²) in [7, 11) is 0. The van der Waals surface area contributed by atoms with Gasteiger partial charge in [0.15, 0.2) is 0 Å². The minimum atomic E-state index is 0.222. The molecule has 2 N–H and O–H groups in total. The van der Waals surface area contributed by atoms with E-state index in [-0.39, 0.29) is 12.0 Å². The fourth-order valence-electron chi connectivity index (χ4n) is 0.944. The van der Waals surface area contributed by atoms with Gasteiger partial charge in [-0.2, -0.15) is 5.26 Å². The van der Waals surface area contributed by atoms with Gasteiger partial charge < -0.3 is 5.73 Å². The SMILES string of the molecule is C[C@@H](N)[C@H]1C[C@H]1C#N. The summed E-state index contributed by atoms with van der Waals surface area (Å²) >= 11 is 0. The van der Waals surface area contributed by atoms with Crippen LogP contribution in [0, 0.1) is 23.2 Å². The van der Waals surface area contributed by atoms with Crippen LogP contribution in [-0.2, 0) is 0 Å². The first kappa shape index (κ1) is 5.58. The molecule has 0 unspecified atom stereocenters. The average Bonchev–Trinajstić information content (AvgIpc) is 2.42. The highest BCUT2D eigenvalue weighted by Crippen LogP contribution is 2.39. The Morgan fingerprint density at radius 2 is 2.50 bits per heavy atom. The largest absolute Gasteiger partial charge is 0.328 e. The van der Waals surface area contributed by atoms with E-state index in [1.165, 1.54) is 0 Å². The third-order valence-electron chi connectivity index (χ3n) is 1.68. The van der Waals surface area contributed by atoms with Gasteiger partial charge in [0, 0.05) is 6.04 Å². The molecular formula is C6H10N2. The fourth-order valence-corrected chi connectivity index (χ4v) is 0.944. The predicted octanol–water partition coefficient (Wildman–Crippen LogP) is 0.493. The summed E-state index contributed by atoms with van der Waals surface area (Å²) in [6.45, 7) is 1.96. The summed E-state index contributed by atoms with van der Waals surface area (Å²) in [5.41, 5.74) is 5.51. The number of hydrogen-bond donors (Lipinski definition) is 1. The quantitative estimate of drug-likeness (QED) is 0.534. The first-order valence-corrected chi connectivity index (χ1v) is 2.91. The number of nitriles is 1. The van der Waals surface area contributed by atoms with Crippen molar-refractivity contribution < 1.29 is 0 Å². The summed E-state index contributed by atoms with van der Waals surface area (Å²) in [5, 5.41) is 8.32. The van der Waals surface area contributed by atoms with E-state index in [2.05, 4.69) is 6.07 Å². The topological polar surface area (TPSA) is 49.8 Å². The molecule has 1 rings (SSSR count). The lowest BCUT2D eigenvalue weighted by atomic mass is 10.2. The zero-order chi connectivity index (χ0) is 6.15. The van der Waals surface area contributed by atoms with Crippen LogP contribution < -0.4 is 5.73 Å². The molecule has 2 heteroatoms. The van der Waals surface area contributed by atoms with Crippen LogP contribution in [0.3, 0.4) is 0 Å². The summed E-state index contributed by atoms with van der Waals surface area (Å²) in [6.07, 6.45) is 1.02. The molecule has 44 valence electrons. The van der Waals surface area contributed by atoms with E-state index in [0.29, 0.717) is 5.92 Å². The van der Waals surface area contributed by atoms with Crippen LogP contribution in [0.25, 0.3) is 0 Å².